The molecule has 0 fully saturated rings. The average Bonchev–Trinajstić information content (AvgIpc) is 2.87. The van der Waals surface area contributed by atoms with E-state index in [1.165, 1.54) is 11.8 Å². The number of carbonyl (C=O) groups excluding carboxylic acids is 1. The van der Waals surface area contributed by atoms with Crippen LogP contribution in [0.25, 0.3) is 11.2 Å². The van der Waals surface area contributed by atoms with Gasteiger partial charge in [0.15, 0.2) is 16.3 Å². The smallest absolute Gasteiger partial charge is 0.279 e. The Morgan fingerprint density at radius 3 is 2.88 bits per heavy atom. The summed E-state index contributed by atoms with van der Waals surface area (Å²) in [5.74, 6) is 0.492. The number of thioether (sulfide) groups is 1. The summed E-state index contributed by atoms with van der Waals surface area (Å²) in [4.78, 5) is 35.3. The normalized spacial score (nSPS) is 11.0. The fourth-order valence-corrected chi connectivity index (χ4v) is 3.29. The molecular formula is C16H16ClN5O2S. The summed E-state index contributed by atoms with van der Waals surface area (Å²) in [7, 11) is 1.77. The predicted octanol–water partition coefficient (Wildman–Crippen LogP) is 2.66. The van der Waals surface area contributed by atoms with E-state index in [0.717, 1.165) is 5.56 Å². The molecule has 0 bridgehead atoms. The number of hydrogen-bond donors (Lipinski definition) is 2. The fourth-order valence-electron chi connectivity index (χ4n) is 2.35. The molecule has 130 valence electrons. The molecule has 0 saturated heterocycles. The van der Waals surface area contributed by atoms with Gasteiger partial charge in [-0.3, -0.25) is 9.59 Å². The molecule has 9 heteroatoms. The number of fused-ring (bicyclic) bond motifs is 1. The number of aryl methyl sites for hydroxylation is 2. The monoisotopic (exact) mass is 377 g/mol. The Labute approximate surface area is 152 Å². The van der Waals surface area contributed by atoms with Gasteiger partial charge in [-0.15, -0.1) is 0 Å². The highest BCUT2D eigenvalue weighted by Gasteiger charge is 2.15. The Hall–Kier alpha value is -2.32. The lowest BCUT2D eigenvalue weighted by atomic mass is 10.2. The second kappa shape index (κ2) is 6.89. The summed E-state index contributed by atoms with van der Waals surface area (Å²) in [6.45, 7) is 3.55. The lowest BCUT2D eigenvalue weighted by Crippen LogP contribution is -2.15. The summed E-state index contributed by atoms with van der Waals surface area (Å²) < 4.78 is 1.71. The van der Waals surface area contributed by atoms with Gasteiger partial charge in [-0.2, -0.15) is 0 Å². The summed E-state index contributed by atoms with van der Waals surface area (Å²) >= 11 is 7.29. The van der Waals surface area contributed by atoms with Crippen LogP contribution in [-0.4, -0.2) is 31.2 Å². The predicted molar refractivity (Wildman–Crippen MR) is 99.4 cm³/mol. The molecule has 7 nitrogen and oxygen atoms in total. The number of nitrogens with zero attached hydrogens (tertiary/aromatic N) is 3. The number of imidazole rings is 1. The van der Waals surface area contributed by atoms with E-state index >= 15 is 0 Å². The number of benzene rings is 1. The van der Waals surface area contributed by atoms with Gasteiger partial charge in [-0.05, 0) is 31.5 Å². The lowest BCUT2D eigenvalue weighted by Gasteiger charge is -2.09. The molecule has 1 aromatic carbocycles. The molecule has 0 aliphatic heterocycles. The molecule has 1 amide bonds. The van der Waals surface area contributed by atoms with Crippen LogP contribution in [0.2, 0.25) is 5.02 Å². The molecule has 0 aliphatic rings. The summed E-state index contributed by atoms with van der Waals surface area (Å²) in [5, 5.41) is 3.98. The number of aromatic amines is 1. The van der Waals surface area contributed by atoms with E-state index in [-0.39, 0.29) is 22.7 Å². The van der Waals surface area contributed by atoms with Gasteiger partial charge < -0.3 is 14.9 Å². The maximum Gasteiger partial charge on any atom is 0.279 e. The van der Waals surface area contributed by atoms with Crippen molar-refractivity contribution in [3.8, 4) is 0 Å². The molecule has 3 aromatic rings. The molecule has 2 N–H and O–H groups in total. The number of aromatic nitrogens is 4. The SMILES string of the molecule is Cc1nc2c(nc(SCC(=O)Nc3cccc(Cl)c3C)n2C)c(=O)[nH]1. The third-order valence-electron chi connectivity index (χ3n) is 3.68. The first-order valence-corrected chi connectivity index (χ1v) is 8.84. The first kappa shape index (κ1) is 17.5. The molecule has 2 aromatic heterocycles. The first-order chi connectivity index (χ1) is 11.9. The first-order valence-electron chi connectivity index (χ1n) is 7.48. The van der Waals surface area contributed by atoms with Crippen LogP contribution in [-0.2, 0) is 11.8 Å². The van der Waals surface area contributed by atoms with Crippen LogP contribution in [0.15, 0.2) is 28.2 Å². The van der Waals surface area contributed by atoms with Crippen LogP contribution in [0.3, 0.4) is 0 Å². The van der Waals surface area contributed by atoms with Crippen molar-refractivity contribution in [1.82, 2.24) is 19.5 Å². The second-order valence-electron chi connectivity index (χ2n) is 5.53. The summed E-state index contributed by atoms with van der Waals surface area (Å²) in [6.07, 6.45) is 0. The van der Waals surface area contributed by atoms with Crippen molar-refractivity contribution in [3.05, 3.63) is 45.0 Å². The van der Waals surface area contributed by atoms with Crippen molar-refractivity contribution in [2.24, 2.45) is 7.05 Å². The minimum Gasteiger partial charge on any atom is -0.325 e. The fraction of sp³-hybridized carbons (Fsp3) is 0.250. The molecule has 0 aliphatic carbocycles. The quantitative estimate of drug-likeness (QED) is 0.682. The number of amides is 1. The molecule has 0 unspecified atom stereocenters. The zero-order chi connectivity index (χ0) is 18.1. The molecule has 3 rings (SSSR count). The van der Waals surface area contributed by atoms with Gasteiger partial charge in [0.1, 0.15) is 5.82 Å². The average molecular weight is 378 g/mol. The van der Waals surface area contributed by atoms with Crippen LogP contribution >= 0.6 is 23.4 Å². The topological polar surface area (TPSA) is 92.7 Å². The van der Waals surface area contributed by atoms with Crippen molar-refractivity contribution in [2.45, 2.75) is 19.0 Å². The van der Waals surface area contributed by atoms with Crippen LogP contribution in [0, 0.1) is 13.8 Å². The van der Waals surface area contributed by atoms with Gasteiger partial charge in [0.2, 0.25) is 5.91 Å². The van der Waals surface area contributed by atoms with E-state index in [1.807, 2.05) is 6.92 Å². The number of hydrogen-bond acceptors (Lipinski definition) is 5. The Morgan fingerprint density at radius 2 is 2.12 bits per heavy atom. The van der Waals surface area contributed by atoms with Gasteiger partial charge >= 0.3 is 0 Å². The van der Waals surface area contributed by atoms with Crippen molar-refractivity contribution >= 4 is 46.1 Å². The highest BCUT2D eigenvalue weighted by Crippen LogP contribution is 2.24. The Kier molecular flexibility index (Phi) is 4.82. The highest BCUT2D eigenvalue weighted by atomic mass is 35.5. The summed E-state index contributed by atoms with van der Waals surface area (Å²) in [6, 6.07) is 5.35. The van der Waals surface area contributed by atoms with Gasteiger partial charge in [0.05, 0.1) is 5.75 Å². The van der Waals surface area contributed by atoms with Crippen LogP contribution < -0.4 is 10.9 Å². The van der Waals surface area contributed by atoms with E-state index in [1.54, 1.807) is 36.7 Å². The number of halogens is 1. The third kappa shape index (κ3) is 3.54. The van der Waals surface area contributed by atoms with Crippen molar-refractivity contribution in [2.75, 3.05) is 11.1 Å². The summed E-state index contributed by atoms with van der Waals surface area (Å²) in [5.41, 5.74) is 1.97. The molecule has 2 heterocycles. The molecule has 0 atom stereocenters. The Bertz CT molecular complexity index is 1030. The number of nitrogens with one attached hydrogen (secondary N) is 2. The number of anilines is 1. The molecule has 0 spiro atoms. The van der Waals surface area contributed by atoms with Crippen molar-refractivity contribution in [3.63, 3.8) is 0 Å². The van der Waals surface area contributed by atoms with Crippen molar-refractivity contribution < 1.29 is 4.79 Å². The van der Waals surface area contributed by atoms with Gasteiger partial charge in [-0.1, -0.05) is 29.4 Å². The van der Waals surface area contributed by atoms with Gasteiger partial charge in [-0.25, -0.2) is 9.97 Å². The van der Waals surface area contributed by atoms with E-state index < -0.39 is 0 Å². The zero-order valence-electron chi connectivity index (χ0n) is 13.9. The highest BCUT2D eigenvalue weighted by molar-refractivity contribution is 7.99. The Balaban J connectivity index is 1.75. The zero-order valence-corrected chi connectivity index (χ0v) is 15.5. The van der Waals surface area contributed by atoms with E-state index in [9.17, 15) is 9.59 Å². The largest absolute Gasteiger partial charge is 0.325 e. The second-order valence-corrected chi connectivity index (χ2v) is 6.88. The number of H-pyrrole nitrogens is 1. The molecule has 25 heavy (non-hydrogen) atoms. The molecule has 0 radical (unpaired) electrons. The molecule has 0 saturated carbocycles. The number of carbonyl (C=O) groups is 1. The third-order valence-corrected chi connectivity index (χ3v) is 5.12. The van der Waals surface area contributed by atoms with E-state index in [4.69, 9.17) is 11.6 Å². The van der Waals surface area contributed by atoms with Crippen LogP contribution in [0.4, 0.5) is 5.69 Å². The maximum atomic E-state index is 12.2. The molecular weight excluding hydrogens is 362 g/mol. The minimum atomic E-state index is -0.288. The van der Waals surface area contributed by atoms with E-state index in [0.29, 0.717) is 27.3 Å². The van der Waals surface area contributed by atoms with Gasteiger partial charge in [0, 0.05) is 17.8 Å². The minimum absolute atomic E-state index is 0.153. The number of rotatable bonds is 4. The van der Waals surface area contributed by atoms with E-state index in [2.05, 4.69) is 20.3 Å². The van der Waals surface area contributed by atoms with Gasteiger partial charge in [0.25, 0.3) is 5.56 Å². The van der Waals surface area contributed by atoms with Crippen LogP contribution in [0.1, 0.15) is 11.4 Å². The van der Waals surface area contributed by atoms with Crippen molar-refractivity contribution in [1.29, 1.82) is 0 Å². The Morgan fingerprint density at radius 1 is 1.36 bits per heavy atom. The maximum absolute atomic E-state index is 12.2. The standard InChI is InChI=1S/C16H16ClN5O2S/c1-8-10(17)5-4-6-11(8)20-12(23)7-25-16-21-13-14(22(16)3)18-9(2)19-15(13)24/h4-6H,7H2,1-3H3,(H,20,23)(H,18,19,24). The van der Waals surface area contributed by atoms with Crippen LogP contribution in [0.5, 0.6) is 0 Å². The lowest BCUT2D eigenvalue weighted by molar-refractivity contribution is -0.113.